The van der Waals surface area contributed by atoms with E-state index in [0.717, 1.165) is 12.8 Å². The van der Waals surface area contributed by atoms with E-state index < -0.39 is 17.9 Å². The van der Waals surface area contributed by atoms with Crippen LogP contribution in [0.5, 0.6) is 0 Å². The summed E-state index contributed by atoms with van der Waals surface area (Å²) in [6, 6.07) is -0.716. The molecule has 0 fully saturated rings. The average Bonchev–Trinajstić information content (AvgIpc) is 2.18. The van der Waals surface area contributed by atoms with Crippen LogP contribution in [-0.2, 0) is 9.59 Å². The Morgan fingerprint density at radius 3 is 2.06 bits per heavy atom. The fourth-order valence-corrected chi connectivity index (χ4v) is 0.632. The number of aliphatic carboxylic acids is 1. The predicted octanol–water partition coefficient (Wildman–Crippen LogP) is -0.425. The maximum atomic E-state index is 10.1. The molecule has 0 radical (unpaired) electrons. The van der Waals surface area contributed by atoms with Gasteiger partial charge < -0.3 is 22.3 Å². The zero-order valence-electron chi connectivity index (χ0n) is 9.61. The van der Waals surface area contributed by atoms with Gasteiger partial charge in [0, 0.05) is 5.57 Å². The van der Waals surface area contributed by atoms with E-state index >= 15 is 0 Å². The van der Waals surface area contributed by atoms with Crippen molar-refractivity contribution in [1.29, 1.82) is 0 Å². The highest BCUT2D eigenvalue weighted by Gasteiger charge is 2.09. The highest BCUT2D eigenvalue weighted by Crippen LogP contribution is 1.96. The Labute approximate surface area is 95.5 Å². The third-order valence-corrected chi connectivity index (χ3v) is 1.71. The molecule has 0 unspecified atom stereocenters. The quantitative estimate of drug-likeness (QED) is 0.364. The Kier molecular flexibility index (Phi) is 10.8. The molecule has 1 atom stereocenters. The molecule has 16 heavy (non-hydrogen) atoms. The first kappa shape index (κ1) is 17.0. The minimum atomic E-state index is -0.933. The molecule has 0 bridgehead atoms. The lowest BCUT2D eigenvalue weighted by atomic mass is 10.1. The van der Waals surface area contributed by atoms with Gasteiger partial charge in [-0.05, 0) is 26.3 Å². The van der Waals surface area contributed by atoms with Crippen molar-refractivity contribution in [2.24, 2.45) is 17.2 Å². The van der Waals surface area contributed by atoms with Gasteiger partial charge in [-0.2, -0.15) is 0 Å². The molecular formula is C10H21N3O3. The molecule has 0 aromatic carbocycles. The lowest BCUT2D eigenvalue weighted by Gasteiger charge is -2.03. The van der Waals surface area contributed by atoms with Gasteiger partial charge in [0.2, 0.25) is 5.91 Å². The zero-order chi connectivity index (χ0) is 13.1. The molecule has 0 spiro atoms. The second-order valence-corrected chi connectivity index (χ2v) is 3.37. The molecule has 1 amide bonds. The summed E-state index contributed by atoms with van der Waals surface area (Å²) in [6.07, 6.45) is 2.16. The molecule has 0 heterocycles. The first-order chi connectivity index (χ1) is 7.32. The SMILES string of the molecule is C=C(C)C(N)=O.NCCCC[C@H](N)C(=O)O. The van der Waals surface area contributed by atoms with Crippen molar-refractivity contribution >= 4 is 11.9 Å². The van der Waals surface area contributed by atoms with Gasteiger partial charge in [-0.3, -0.25) is 9.59 Å². The van der Waals surface area contributed by atoms with Gasteiger partial charge in [-0.1, -0.05) is 13.0 Å². The molecule has 0 saturated carbocycles. The van der Waals surface area contributed by atoms with Crippen LogP contribution in [0.15, 0.2) is 12.2 Å². The topological polar surface area (TPSA) is 132 Å². The third-order valence-electron chi connectivity index (χ3n) is 1.71. The number of hydrogen-bond donors (Lipinski definition) is 4. The number of hydrogen-bond acceptors (Lipinski definition) is 4. The molecule has 6 heteroatoms. The normalized spacial score (nSPS) is 10.9. The zero-order valence-corrected chi connectivity index (χ0v) is 9.61. The smallest absolute Gasteiger partial charge is 0.320 e. The molecular weight excluding hydrogens is 210 g/mol. The van der Waals surface area contributed by atoms with Crippen LogP contribution in [0.1, 0.15) is 26.2 Å². The lowest BCUT2D eigenvalue weighted by molar-refractivity contribution is -0.138. The first-order valence-electron chi connectivity index (χ1n) is 4.96. The number of unbranched alkanes of at least 4 members (excludes halogenated alkanes) is 1. The molecule has 7 N–H and O–H groups in total. The minimum absolute atomic E-state index is 0.398. The molecule has 0 aliphatic rings. The molecule has 0 rings (SSSR count). The van der Waals surface area contributed by atoms with Crippen molar-refractivity contribution in [3.8, 4) is 0 Å². The van der Waals surface area contributed by atoms with Crippen molar-refractivity contribution in [3.05, 3.63) is 12.2 Å². The van der Waals surface area contributed by atoms with Crippen LogP contribution >= 0.6 is 0 Å². The van der Waals surface area contributed by atoms with E-state index in [-0.39, 0.29) is 0 Å². The summed E-state index contributed by atoms with van der Waals surface area (Å²) in [5, 5.41) is 8.33. The third kappa shape index (κ3) is 12.6. The summed E-state index contributed by atoms with van der Waals surface area (Å²) in [5.41, 5.74) is 15.5. The van der Waals surface area contributed by atoms with E-state index in [1.165, 1.54) is 0 Å². The highest BCUT2D eigenvalue weighted by molar-refractivity contribution is 5.90. The van der Waals surface area contributed by atoms with Crippen LogP contribution < -0.4 is 17.2 Å². The summed E-state index contributed by atoms with van der Waals surface area (Å²) in [5.74, 6) is -1.37. The number of amides is 1. The van der Waals surface area contributed by atoms with Crippen molar-refractivity contribution < 1.29 is 14.7 Å². The van der Waals surface area contributed by atoms with E-state index in [4.69, 9.17) is 22.3 Å². The van der Waals surface area contributed by atoms with Crippen LogP contribution in [0.2, 0.25) is 0 Å². The Balaban J connectivity index is 0. The Morgan fingerprint density at radius 2 is 1.81 bits per heavy atom. The van der Waals surface area contributed by atoms with Crippen LogP contribution in [-0.4, -0.2) is 29.6 Å². The Hall–Kier alpha value is -1.40. The summed E-state index contributed by atoms with van der Waals surface area (Å²) < 4.78 is 0. The Morgan fingerprint density at radius 1 is 1.38 bits per heavy atom. The van der Waals surface area contributed by atoms with Crippen LogP contribution in [0.25, 0.3) is 0 Å². The summed E-state index contributed by atoms with van der Waals surface area (Å²) >= 11 is 0. The van der Waals surface area contributed by atoms with E-state index in [1.54, 1.807) is 6.92 Å². The fourth-order valence-electron chi connectivity index (χ4n) is 0.632. The maximum Gasteiger partial charge on any atom is 0.320 e. The maximum absolute atomic E-state index is 10.1. The summed E-state index contributed by atoms with van der Waals surface area (Å²) in [4.78, 5) is 20.0. The minimum Gasteiger partial charge on any atom is -0.480 e. The standard InChI is InChI=1S/C6H14N2O2.C4H7NO/c7-4-2-1-3-5(8)6(9)10;1-3(2)4(5)6/h5H,1-4,7-8H2,(H,9,10);1H2,2H3,(H2,5,6)/t5-;/m0./s1. The van der Waals surface area contributed by atoms with E-state index in [1.807, 2.05) is 0 Å². The second kappa shape index (κ2) is 10.1. The molecule has 0 aliphatic heterocycles. The van der Waals surface area contributed by atoms with Crippen LogP contribution in [0.3, 0.4) is 0 Å². The van der Waals surface area contributed by atoms with Gasteiger partial charge in [0.1, 0.15) is 6.04 Å². The van der Waals surface area contributed by atoms with Crippen molar-refractivity contribution in [1.82, 2.24) is 0 Å². The molecule has 0 aromatic heterocycles. The predicted molar refractivity (Wildman–Crippen MR) is 62.5 cm³/mol. The number of primary amides is 1. The average molecular weight is 231 g/mol. The number of carbonyl (C=O) groups excluding carboxylic acids is 1. The van der Waals surface area contributed by atoms with Gasteiger partial charge in [0.05, 0.1) is 0 Å². The first-order valence-corrected chi connectivity index (χ1v) is 4.96. The number of carbonyl (C=O) groups is 2. The molecule has 0 aromatic rings. The number of carboxylic acids is 1. The molecule has 6 nitrogen and oxygen atoms in total. The van der Waals surface area contributed by atoms with E-state index in [0.29, 0.717) is 18.5 Å². The van der Waals surface area contributed by atoms with Gasteiger partial charge >= 0.3 is 5.97 Å². The summed E-state index contributed by atoms with van der Waals surface area (Å²) in [6.45, 7) is 5.46. The molecule has 0 aliphatic carbocycles. The fraction of sp³-hybridized carbons (Fsp3) is 0.600. The Bertz CT molecular complexity index is 229. The summed E-state index contributed by atoms with van der Waals surface area (Å²) in [7, 11) is 0. The monoisotopic (exact) mass is 231 g/mol. The lowest BCUT2D eigenvalue weighted by Crippen LogP contribution is -2.29. The van der Waals surface area contributed by atoms with Gasteiger partial charge in [-0.25, -0.2) is 0 Å². The van der Waals surface area contributed by atoms with Gasteiger partial charge in [0.15, 0.2) is 0 Å². The number of carboxylic acid groups (broad SMARTS) is 1. The number of nitrogens with two attached hydrogens (primary N) is 3. The van der Waals surface area contributed by atoms with E-state index in [9.17, 15) is 9.59 Å². The van der Waals surface area contributed by atoms with E-state index in [2.05, 4.69) is 6.58 Å². The highest BCUT2D eigenvalue weighted by atomic mass is 16.4. The molecule has 0 saturated heterocycles. The number of rotatable bonds is 6. The van der Waals surface area contributed by atoms with Crippen molar-refractivity contribution in [2.45, 2.75) is 32.2 Å². The van der Waals surface area contributed by atoms with Crippen molar-refractivity contribution in [2.75, 3.05) is 6.54 Å². The molecule has 94 valence electrons. The largest absolute Gasteiger partial charge is 0.480 e. The van der Waals surface area contributed by atoms with Crippen LogP contribution in [0.4, 0.5) is 0 Å². The van der Waals surface area contributed by atoms with Crippen LogP contribution in [0, 0.1) is 0 Å². The van der Waals surface area contributed by atoms with Crippen molar-refractivity contribution in [3.63, 3.8) is 0 Å². The van der Waals surface area contributed by atoms with Gasteiger partial charge in [0.25, 0.3) is 0 Å². The second-order valence-electron chi connectivity index (χ2n) is 3.37. The van der Waals surface area contributed by atoms with Gasteiger partial charge in [-0.15, -0.1) is 0 Å².